The summed E-state index contributed by atoms with van der Waals surface area (Å²) in [5.74, 6) is -0.196. The van der Waals surface area contributed by atoms with Gasteiger partial charge in [0, 0.05) is 23.0 Å². The molecular weight excluding hydrogens is 326 g/mol. The van der Waals surface area contributed by atoms with E-state index in [1.54, 1.807) is 24.3 Å². The third-order valence-electron chi connectivity index (χ3n) is 3.83. The van der Waals surface area contributed by atoms with Gasteiger partial charge in [-0.15, -0.1) is 0 Å². The van der Waals surface area contributed by atoms with Gasteiger partial charge in [0.1, 0.15) is 0 Å². The summed E-state index contributed by atoms with van der Waals surface area (Å²) in [4.78, 5) is 24.1. The Balaban J connectivity index is 1.66. The summed E-state index contributed by atoms with van der Waals surface area (Å²) >= 11 is 0. The molecule has 0 atom stereocenters. The number of fused-ring (bicyclic) bond motifs is 1. The number of amides is 3. The molecule has 3 rings (SSSR count). The number of benzene rings is 3. The summed E-state index contributed by atoms with van der Waals surface area (Å²) in [6, 6.07) is 20.3. The molecule has 0 aliphatic heterocycles. The first kappa shape index (κ1) is 17.5. The third-order valence-corrected chi connectivity index (χ3v) is 3.83. The molecule has 0 bridgehead atoms. The van der Waals surface area contributed by atoms with Crippen LogP contribution in [0.5, 0.6) is 0 Å². The molecule has 3 amide bonds. The maximum atomic E-state index is 12.4. The maximum Gasteiger partial charge on any atom is 0.319 e. The number of nitrogens with one attached hydrogen (secondary N) is 3. The molecule has 132 valence electrons. The zero-order valence-electron chi connectivity index (χ0n) is 14.7. The van der Waals surface area contributed by atoms with Gasteiger partial charge in [0.05, 0.1) is 0 Å². The van der Waals surface area contributed by atoms with Crippen molar-refractivity contribution in [2.24, 2.45) is 0 Å². The fraction of sp³-hybridized carbons (Fsp3) is 0.143. The Labute approximate surface area is 152 Å². The van der Waals surface area contributed by atoms with Gasteiger partial charge in [-0.2, -0.15) is 0 Å². The van der Waals surface area contributed by atoms with Crippen LogP contribution in [-0.4, -0.2) is 18.0 Å². The van der Waals surface area contributed by atoms with Gasteiger partial charge in [-0.3, -0.25) is 4.79 Å². The van der Waals surface area contributed by atoms with Crippen LogP contribution in [-0.2, 0) is 0 Å². The molecule has 3 aromatic rings. The van der Waals surface area contributed by atoms with E-state index in [1.165, 1.54) is 0 Å². The summed E-state index contributed by atoms with van der Waals surface area (Å²) in [6.07, 6.45) is 0. The molecule has 0 saturated heterocycles. The van der Waals surface area contributed by atoms with Crippen molar-refractivity contribution in [3.63, 3.8) is 0 Å². The van der Waals surface area contributed by atoms with Crippen molar-refractivity contribution in [2.45, 2.75) is 19.9 Å². The number of urea groups is 1. The Hall–Kier alpha value is -3.34. The van der Waals surface area contributed by atoms with Gasteiger partial charge >= 0.3 is 6.03 Å². The number of carbonyl (C=O) groups is 2. The second-order valence-electron chi connectivity index (χ2n) is 6.35. The molecule has 0 fully saturated rings. The van der Waals surface area contributed by atoms with E-state index in [0.717, 1.165) is 16.5 Å². The zero-order chi connectivity index (χ0) is 18.5. The summed E-state index contributed by atoms with van der Waals surface area (Å²) in [7, 11) is 0. The lowest BCUT2D eigenvalue weighted by atomic mass is 10.1. The van der Waals surface area contributed by atoms with Gasteiger partial charge < -0.3 is 16.0 Å². The number of rotatable bonds is 4. The van der Waals surface area contributed by atoms with Crippen LogP contribution in [0.4, 0.5) is 16.2 Å². The number of carbonyl (C=O) groups excluding carboxylic acids is 2. The molecule has 3 aromatic carbocycles. The monoisotopic (exact) mass is 347 g/mol. The lowest BCUT2D eigenvalue weighted by molar-refractivity contribution is 0.102. The highest BCUT2D eigenvalue weighted by Crippen LogP contribution is 2.19. The smallest absolute Gasteiger partial charge is 0.319 e. The van der Waals surface area contributed by atoms with E-state index >= 15 is 0 Å². The first-order valence-electron chi connectivity index (χ1n) is 8.49. The molecule has 0 heterocycles. The van der Waals surface area contributed by atoms with Gasteiger partial charge in [0.2, 0.25) is 0 Å². The van der Waals surface area contributed by atoms with Crippen LogP contribution in [0, 0.1) is 0 Å². The molecule has 0 aliphatic carbocycles. The summed E-state index contributed by atoms with van der Waals surface area (Å²) in [5.41, 5.74) is 1.89. The highest BCUT2D eigenvalue weighted by Gasteiger charge is 2.08. The van der Waals surface area contributed by atoms with E-state index in [-0.39, 0.29) is 18.0 Å². The average molecular weight is 347 g/mol. The molecule has 0 saturated carbocycles. The van der Waals surface area contributed by atoms with Crippen LogP contribution in [0.2, 0.25) is 0 Å². The van der Waals surface area contributed by atoms with E-state index in [2.05, 4.69) is 16.0 Å². The summed E-state index contributed by atoms with van der Waals surface area (Å²) in [6.45, 7) is 3.78. The second-order valence-corrected chi connectivity index (χ2v) is 6.35. The maximum absolute atomic E-state index is 12.4. The molecule has 0 aromatic heterocycles. The average Bonchev–Trinajstić information content (AvgIpc) is 2.61. The second kappa shape index (κ2) is 7.70. The lowest BCUT2D eigenvalue weighted by Gasteiger charge is -2.11. The summed E-state index contributed by atoms with van der Waals surface area (Å²) < 4.78 is 0. The molecule has 0 spiro atoms. The van der Waals surface area contributed by atoms with Crippen molar-refractivity contribution in [2.75, 3.05) is 10.6 Å². The Bertz CT molecular complexity index is 933. The Morgan fingerprint density at radius 2 is 1.42 bits per heavy atom. The minimum atomic E-state index is -0.270. The third kappa shape index (κ3) is 4.39. The van der Waals surface area contributed by atoms with Crippen molar-refractivity contribution in [3.05, 3.63) is 72.3 Å². The van der Waals surface area contributed by atoms with E-state index in [0.29, 0.717) is 11.3 Å². The normalized spacial score (nSPS) is 10.6. The first-order chi connectivity index (χ1) is 12.5. The molecular formula is C21H21N3O2. The predicted octanol–water partition coefficient (Wildman–Crippen LogP) is 4.62. The van der Waals surface area contributed by atoms with Crippen LogP contribution in [0.3, 0.4) is 0 Å². The van der Waals surface area contributed by atoms with E-state index < -0.39 is 0 Å². The van der Waals surface area contributed by atoms with Crippen LogP contribution in [0.25, 0.3) is 10.8 Å². The minimum absolute atomic E-state index is 0.0574. The standard InChI is InChI=1S/C21H21N3O2/c1-14(2)22-21(26)24-18-10-8-16(9-11-18)20(25)23-19-12-7-15-5-3-4-6-17(15)13-19/h3-14H,1-2H3,(H,23,25)(H2,22,24,26). The summed E-state index contributed by atoms with van der Waals surface area (Å²) in [5, 5.41) is 10.6. The van der Waals surface area contributed by atoms with E-state index in [1.807, 2.05) is 56.3 Å². The molecule has 26 heavy (non-hydrogen) atoms. The van der Waals surface area contributed by atoms with Crippen molar-refractivity contribution >= 4 is 34.1 Å². The minimum Gasteiger partial charge on any atom is -0.336 e. The number of hydrogen-bond donors (Lipinski definition) is 3. The Morgan fingerprint density at radius 1 is 0.769 bits per heavy atom. The largest absolute Gasteiger partial charge is 0.336 e. The SMILES string of the molecule is CC(C)NC(=O)Nc1ccc(C(=O)Nc2ccc3ccccc3c2)cc1. The number of hydrogen-bond acceptors (Lipinski definition) is 2. The molecule has 0 unspecified atom stereocenters. The van der Waals surface area contributed by atoms with Gasteiger partial charge in [0.25, 0.3) is 5.91 Å². The molecule has 0 aliphatic rings. The quantitative estimate of drug-likeness (QED) is 0.644. The highest BCUT2D eigenvalue weighted by molar-refractivity contribution is 6.05. The topological polar surface area (TPSA) is 70.2 Å². The molecule has 5 heteroatoms. The van der Waals surface area contributed by atoms with Crippen molar-refractivity contribution in [3.8, 4) is 0 Å². The molecule has 0 radical (unpaired) electrons. The van der Waals surface area contributed by atoms with Gasteiger partial charge in [-0.05, 0) is 61.0 Å². The van der Waals surface area contributed by atoms with Crippen LogP contribution in [0.15, 0.2) is 66.7 Å². The molecule has 3 N–H and O–H groups in total. The van der Waals surface area contributed by atoms with Gasteiger partial charge in [0.15, 0.2) is 0 Å². The van der Waals surface area contributed by atoms with Crippen LogP contribution < -0.4 is 16.0 Å². The van der Waals surface area contributed by atoms with Crippen molar-refractivity contribution < 1.29 is 9.59 Å². The van der Waals surface area contributed by atoms with Crippen LogP contribution >= 0.6 is 0 Å². The Kier molecular flexibility index (Phi) is 5.17. The first-order valence-corrected chi connectivity index (χ1v) is 8.49. The Morgan fingerprint density at radius 3 is 2.12 bits per heavy atom. The fourth-order valence-electron chi connectivity index (χ4n) is 2.60. The van der Waals surface area contributed by atoms with Gasteiger partial charge in [-0.25, -0.2) is 4.79 Å². The number of anilines is 2. The zero-order valence-corrected chi connectivity index (χ0v) is 14.7. The van der Waals surface area contributed by atoms with Crippen molar-refractivity contribution in [1.29, 1.82) is 0 Å². The highest BCUT2D eigenvalue weighted by atomic mass is 16.2. The van der Waals surface area contributed by atoms with E-state index in [9.17, 15) is 9.59 Å². The lowest BCUT2D eigenvalue weighted by Crippen LogP contribution is -2.34. The van der Waals surface area contributed by atoms with Gasteiger partial charge in [-0.1, -0.05) is 30.3 Å². The van der Waals surface area contributed by atoms with Crippen molar-refractivity contribution in [1.82, 2.24) is 5.32 Å². The van der Waals surface area contributed by atoms with Crippen LogP contribution in [0.1, 0.15) is 24.2 Å². The molecule has 5 nitrogen and oxygen atoms in total. The predicted molar refractivity (Wildman–Crippen MR) is 106 cm³/mol. The fourth-order valence-corrected chi connectivity index (χ4v) is 2.60. The van der Waals surface area contributed by atoms with E-state index in [4.69, 9.17) is 0 Å².